The van der Waals surface area contributed by atoms with Gasteiger partial charge in [0.15, 0.2) is 0 Å². The lowest BCUT2D eigenvalue weighted by Gasteiger charge is -2.28. The van der Waals surface area contributed by atoms with E-state index in [-0.39, 0.29) is 11.4 Å². The topological polar surface area (TPSA) is 47.6 Å². The van der Waals surface area contributed by atoms with Gasteiger partial charge in [0.05, 0.1) is 7.11 Å². The SMILES string of the molecule is CCCNC(C)(CCOCCC(C)(C)C)C(=O)OC. The van der Waals surface area contributed by atoms with Crippen LogP contribution in [0.3, 0.4) is 0 Å². The van der Waals surface area contributed by atoms with Crippen molar-refractivity contribution in [2.24, 2.45) is 5.41 Å². The van der Waals surface area contributed by atoms with Gasteiger partial charge in [0.2, 0.25) is 0 Å². The van der Waals surface area contributed by atoms with Crippen LogP contribution >= 0.6 is 0 Å². The van der Waals surface area contributed by atoms with Gasteiger partial charge in [-0.2, -0.15) is 0 Å². The quantitative estimate of drug-likeness (QED) is 0.518. The van der Waals surface area contributed by atoms with Crippen LogP contribution in [0.5, 0.6) is 0 Å². The van der Waals surface area contributed by atoms with Crippen molar-refractivity contribution in [3.05, 3.63) is 0 Å². The Morgan fingerprint density at radius 2 is 1.68 bits per heavy atom. The molecule has 1 unspecified atom stereocenters. The molecule has 0 saturated carbocycles. The van der Waals surface area contributed by atoms with Gasteiger partial charge in [-0.25, -0.2) is 0 Å². The van der Waals surface area contributed by atoms with Gasteiger partial charge in [-0.05, 0) is 38.1 Å². The average molecular weight is 273 g/mol. The van der Waals surface area contributed by atoms with Crippen molar-refractivity contribution in [1.82, 2.24) is 5.32 Å². The highest BCUT2D eigenvalue weighted by molar-refractivity contribution is 5.80. The number of hydrogen-bond acceptors (Lipinski definition) is 4. The standard InChI is InChI=1S/C15H31NO3/c1-7-10-16-15(5,13(17)18-6)9-12-19-11-8-14(2,3)4/h16H,7-12H2,1-6H3. The van der Waals surface area contributed by atoms with Crippen LogP contribution in [0.15, 0.2) is 0 Å². The highest BCUT2D eigenvalue weighted by Gasteiger charge is 2.33. The molecule has 0 spiro atoms. The van der Waals surface area contributed by atoms with Gasteiger partial charge >= 0.3 is 5.97 Å². The smallest absolute Gasteiger partial charge is 0.325 e. The Balaban J connectivity index is 4.10. The molecule has 0 aliphatic heterocycles. The summed E-state index contributed by atoms with van der Waals surface area (Å²) < 4.78 is 10.5. The molecular formula is C15H31NO3. The molecule has 1 atom stereocenters. The van der Waals surface area contributed by atoms with Gasteiger partial charge in [-0.3, -0.25) is 4.79 Å². The molecule has 0 aromatic rings. The number of hydrogen-bond donors (Lipinski definition) is 1. The van der Waals surface area contributed by atoms with Crippen LogP contribution in [0.4, 0.5) is 0 Å². The van der Waals surface area contributed by atoms with Crippen LogP contribution < -0.4 is 5.32 Å². The molecule has 0 radical (unpaired) electrons. The normalized spacial score (nSPS) is 15.1. The molecular weight excluding hydrogens is 242 g/mol. The van der Waals surface area contributed by atoms with Crippen molar-refractivity contribution >= 4 is 5.97 Å². The molecule has 0 heterocycles. The lowest BCUT2D eigenvalue weighted by atomic mass is 9.93. The predicted molar refractivity (Wildman–Crippen MR) is 78.2 cm³/mol. The summed E-state index contributed by atoms with van der Waals surface area (Å²) in [6.07, 6.45) is 2.63. The summed E-state index contributed by atoms with van der Waals surface area (Å²) in [6.45, 7) is 12.6. The van der Waals surface area contributed by atoms with Crippen molar-refractivity contribution in [3.8, 4) is 0 Å². The maximum Gasteiger partial charge on any atom is 0.325 e. The molecule has 0 saturated heterocycles. The summed E-state index contributed by atoms with van der Waals surface area (Å²) in [6, 6.07) is 0. The third-order valence-electron chi connectivity index (χ3n) is 3.14. The molecule has 4 nitrogen and oxygen atoms in total. The lowest BCUT2D eigenvalue weighted by molar-refractivity contribution is -0.148. The molecule has 4 heteroatoms. The minimum absolute atomic E-state index is 0.222. The first kappa shape index (κ1) is 18.4. The molecule has 0 aromatic carbocycles. The molecule has 114 valence electrons. The first-order valence-corrected chi connectivity index (χ1v) is 7.16. The van der Waals surface area contributed by atoms with E-state index in [1.54, 1.807) is 0 Å². The minimum atomic E-state index is -0.646. The van der Waals surface area contributed by atoms with Gasteiger partial charge < -0.3 is 14.8 Å². The first-order valence-electron chi connectivity index (χ1n) is 7.16. The van der Waals surface area contributed by atoms with E-state index >= 15 is 0 Å². The number of esters is 1. The molecule has 0 aliphatic carbocycles. The molecule has 0 amide bonds. The van der Waals surface area contributed by atoms with Crippen molar-refractivity contribution in [1.29, 1.82) is 0 Å². The second kappa shape index (κ2) is 8.54. The maximum atomic E-state index is 11.8. The van der Waals surface area contributed by atoms with E-state index in [9.17, 15) is 4.79 Å². The number of methoxy groups -OCH3 is 1. The predicted octanol–water partition coefficient (Wildman–Crippen LogP) is 2.76. The van der Waals surface area contributed by atoms with Gasteiger partial charge in [0.25, 0.3) is 0 Å². The van der Waals surface area contributed by atoms with Crippen LogP contribution in [-0.4, -0.2) is 38.4 Å². The Bertz CT molecular complexity index is 261. The van der Waals surface area contributed by atoms with E-state index < -0.39 is 5.54 Å². The minimum Gasteiger partial charge on any atom is -0.468 e. The first-order chi connectivity index (χ1) is 8.75. The van der Waals surface area contributed by atoms with Gasteiger partial charge in [-0.15, -0.1) is 0 Å². The number of rotatable bonds is 9. The molecule has 0 rings (SSSR count). The van der Waals surface area contributed by atoms with E-state index in [4.69, 9.17) is 9.47 Å². The van der Waals surface area contributed by atoms with Crippen LogP contribution in [0.2, 0.25) is 0 Å². The maximum absolute atomic E-state index is 11.8. The summed E-state index contributed by atoms with van der Waals surface area (Å²) in [7, 11) is 1.43. The fourth-order valence-corrected chi connectivity index (χ4v) is 1.65. The second-order valence-electron chi connectivity index (χ2n) is 6.42. The number of nitrogens with one attached hydrogen (secondary N) is 1. The Kier molecular flexibility index (Phi) is 8.26. The van der Waals surface area contributed by atoms with E-state index in [1.807, 2.05) is 6.92 Å². The fourth-order valence-electron chi connectivity index (χ4n) is 1.65. The summed E-state index contributed by atoms with van der Waals surface area (Å²) in [5.41, 5.74) is -0.362. The van der Waals surface area contributed by atoms with Crippen molar-refractivity contribution in [2.75, 3.05) is 26.9 Å². The van der Waals surface area contributed by atoms with Crippen LogP contribution in [0, 0.1) is 5.41 Å². The van der Waals surface area contributed by atoms with E-state index in [0.717, 1.165) is 26.0 Å². The molecule has 19 heavy (non-hydrogen) atoms. The zero-order valence-electron chi connectivity index (χ0n) is 13.5. The Labute approximate surface area is 118 Å². The molecule has 0 aliphatic rings. The number of carbonyl (C=O) groups is 1. The monoisotopic (exact) mass is 273 g/mol. The summed E-state index contributed by atoms with van der Waals surface area (Å²) >= 11 is 0. The summed E-state index contributed by atoms with van der Waals surface area (Å²) in [4.78, 5) is 11.8. The largest absolute Gasteiger partial charge is 0.468 e. The fraction of sp³-hybridized carbons (Fsp3) is 0.933. The third-order valence-corrected chi connectivity index (χ3v) is 3.14. The molecule has 1 N–H and O–H groups in total. The van der Waals surface area contributed by atoms with Gasteiger partial charge in [0.1, 0.15) is 5.54 Å². The molecule has 0 aromatic heterocycles. The number of ether oxygens (including phenoxy) is 2. The second-order valence-corrected chi connectivity index (χ2v) is 6.42. The van der Waals surface area contributed by atoms with Crippen LogP contribution in [0.25, 0.3) is 0 Å². The highest BCUT2D eigenvalue weighted by atomic mass is 16.5. The molecule has 0 fully saturated rings. The van der Waals surface area contributed by atoms with Crippen molar-refractivity contribution in [2.45, 2.75) is 59.4 Å². The average Bonchev–Trinajstić information content (AvgIpc) is 2.33. The van der Waals surface area contributed by atoms with E-state index in [2.05, 4.69) is 33.0 Å². The zero-order chi connectivity index (χ0) is 14.9. The number of carbonyl (C=O) groups excluding carboxylic acids is 1. The van der Waals surface area contributed by atoms with Crippen molar-refractivity contribution < 1.29 is 14.3 Å². The highest BCUT2D eigenvalue weighted by Crippen LogP contribution is 2.18. The van der Waals surface area contributed by atoms with Crippen LogP contribution in [-0.2, 0) is 14.3 Å². The summed E-state index contributed by atoms with van der Waals surface area (Å²) in [5, 5.41) is 3.25. The van der Waals surface area contributed by atoms with Gasteiger partial charge in [0, 0.05) is 13.2 Å². The zero-order valence-corrected chi connectivity index (χ0v) is 13.5. The Morgan fingerprint density at radius 3 is 2.16 bits per heavy atom. The Hall–Kier alpha value is -0.610. The summed E-state index contributed by atoms with van der Waals surface area (Å²) in [5.74, 6) is -0.222. The Morgan fingerprint density at radius 1 is 1.11 bits per heavy atom. The van der Waals surface area contributed by atoms with E-state index in [1.165, 1.54) is 7.11 Å². The third kappa shape index (κ3) is 8.22. The van der Waals surface area contributed by atoms with Gasteiger partial charge in [-0.1, -0.05) is 27.7 Å². The van der Waals surface area contributed by atoms with Crippen LogP contribution in [0.1, 0.15) is 53.9 Å². The van der Waals surface area contributed by atoms with E-state index in [0.29, 0.717) is 13.0 Å². The van der Waals surface area contributed by atoms with Crippen molar-refractivity contribution in [3.63, 3.8) is 0 Å². The lowest BCUT2D eigenvalue weighted by Crippen LogP contribution is -2.51. The molecule has 0 bridgehead atoms.